The van der Waals surface area contributed by atoms with E-state index in [-0.39, 0.29) is 0 Å². The fourth-order valence-corrected chi connectivity index (χ4v) is 2.03. The molecule has 1 N–H and O–H groups in total. The third kappa shape index (κ3) is 2.60. The van der Waals surface area contributed by atoms with Gasteiger partial charge in [0, 0.05) is 6.20 Å². The van der Waals surface area contributed by atoms with Crippen LogP contribution in [0.2, 0.25) is 0 Å². The summed E-state index contributed by atoms with van der Waals surface area (Å²) in [6.07, 6.45) is 3.31. The highest BCUT2D eigenvalue weighted by Crippen LogP contribution is 2.21. The van der Waals surface area contributed by atoms with Crippen LogP contribution < -0.4 is 5.32 Å². The summed E-state index contributed by atoms with van der Waals surface area (Å²) in [5, 5.41) is 16.4. The van der Waals surface area contributed by atoms with Crippen LogP contribution in [-0.2, 0) is 0 Å². The smallest absolute Gasteiger partial charge is 0.130 e. The van der Waals surface area contributed by atoms with Crippen molar-refractivity contribution in [2.45, 2.75) is 6.92 Å². The number of para-hydroxylation sites is 1. The highest BCUT2D eigenvalue weighted by atomic mass is 15.3. The zero-order valence-electron chi connectivity index (χ0n) is 11.5. The van der Waals surface area contributed by atoms with Crippen LogP contribution >= 0.6 is 0 Å². The lowest BCUT2D eigenvalue weighted by atomic mass is 10.3. The highest BCUT2D eigenvalue weighted by Gasteiger charge is 2.08. The van der Waals surface area contributed by atoms with Crippen molar-refractivity contribution in [3.63, 3.8) is 0 Å². The fraction of sp³-hybridized carbons (Fsp3) is 0.0625. The number of hydrogen-bond acceptors (Lipinski definition) is 4. The summed E-state index contributed by atoms with van der Waals surface area (Å²) in [4.78, 5) is 4.20. The van der Waals surface area contributed by atoms with E-state index < -0.39 is 0 Å². The molecule has 0 radical (unpaired) electrons. The lowest BCUT2D eigenvalue weighted by Gasteiger charge is -2.06. The Morgan fingerprint density at radius 3 is 2.57 bits per heavy atom. The molecule has 0 amide bonds. The van der Waals surface area contributed by atoms with E-state index in [0.717, 1.165) is 17.1 Å². The van der Waals surface area contributed by atoms with Crippen LogP contribution in [0.1, 0.15) is 11.3 Å². The first-order valence-electron chi connectivity index (χ1n) is 6.51. The Morgan fingerprint density at radius 1 is 1.10 bits per heavy atom. The van der Waals surface area contributed by atoms with Crippen molar-refractivity contribution in [2.24, 2.45) is 0 Å². The second-order valence-corrected chi connectivity index (χ2v) is 4.56. The Balaban J connectivity index is 1.87. The molecule has 0 atom stereocenters. The molecule has 0 aliphatic heterocycles. The minimum absolute atomic E-state index is 0.539. The summed E-state index contributed by atoms with van der Waals surface area (Å²) >= 11 is 0. The van der Waals surface area contributed by atoms with Gasteiger partial charge in [0.05, 0.1) is 28.8 Å². The van der Waals surface area contributed by atoms with Gasteiger partial charge in [0.15, 0.2) is 0 Å². The molecular weight excluding hydrogens is 262 g/mol. The van der Waals surface area contributed by atoms with E-state index in [4.69, 9.17) is 5.26 Å². The van der Waals surface area contributed by atoms with Crippen LogP contribution in [0.25, 0.3) is 5.69 Å². The molecule has 2 aromatic heterocycles. The van der Waals surface area contributed by atoms with Gasteiger partial charge in [0.1, 0.15) is 11.9 Å². The first-order valence-corrected chi connectivity index (χ1v) is 6.51. The average molecular weight is 275 g/mol. The molecule has 3 rings (SSSR count). The lowest BCUT2D eigenvalue weighted by Crippen LogP contribution is -2.00. The van der Waals surface area contributed by atoms with Crippen molar-refractivity contribution in [1.29, 1.82) is 5.26 Å². The lowest BCUT2D eigenvalue weighted by molar-refractivity contribution is 0.847. The monoisotopic (exact) mass is 275 g/mol. The van der Waals surface area contributed by atoms with E-state index in [1.165, 1.54) is 0 Å². The molecule has 0 fully saturated rings. The summed E-state index contributed by atoms with van der Waals surface area (Å²) in [6, 6.07) is 15.5. The van der Waals surface area contributed by atoms with E-state index in [9.17, 15) is 0 Å². The van der Waals surface area contributed by atoms with E-state index in [1.807, 2.05) is 48.0 Å². The van der Waals surface area contributed by atoms with Gasteiger partial charge in [-0.1, -0.05) is 18.2 Å². The van der Waals surface area contributed by atoms with Gasteiger partial charge < -0.3 is 5.32 Å². The van der Waals surface area contributed by atoms with Crippen LogP contribution in [0.15, 0.2) is 54.9 Å². The molecule has 0 aliphatic rings. The third-order valence-electron chi connectivity index (χ3n) is 3.17. The molecule has 21 heavy (non-hydrogen) atoms. The Bertz CT molecular complexity index is 782. The molecule has 0 bridgehead atoms. The van der Waals surface area contributed by atoms with Gasteiger partial charge >= 0.3 is 0 Å². The number of nitrogens with zero attached hydrogens (tertiary/aromatic N) is 4. The van der Waals surface area contributed by atoms with Crippen molar-refractivity contribution >= 4 is 11.5 Å². The standard InChI is InChI=1S/C16H13N5/c1-12-15(20-16-8-7-13(9-17)10-18-16)11-19-21(12)14-5-3-2-4-6-14/h2-8,10-11H,1H3,(H,18,20). The zero-order chi connectivity index (χ0) is 14.7. The largest absolute Gasteiger partial charge is 0.337 e. The Hall–Kier alpha value is -3.13. The number of rotatable bonds is 3. The van der Waals surface area contributed by atoms with Crippen molar-refractivity contribution in [2.75, 3.05) is 5.32 Å². The summed E-state index contributed by atoms with van der Waals surface area (Å²) in [6.45, 7) is 1.99. The maximum absolute atomic E-state index is 8.77. The Labute approximate surface area is 122 Å². The van der Waals surface area contributed by atoms with E-state index >= 15 is 0 Å². The van der Waals surface area contributed by atoms with E-state index in [2.05, 4.69) is 15.4 Å². The number of anilines is 2. The third-order valence-corrected chi connectivity index (χ3v) is 3.17. The number of benzene rings is 1. The molecule has 0 saturated carbocycles. The van der Waals surface area contributed by atoms with Crippen LogP contribution in [-0.4, -0.2) is 14.8 Å². The minimum atomic E-state index is 0.539. The Morgan fingerprint density at radius 2 is 1.90 bits per heavy atom. The second kappa shape index (κ2) is 5.47. The maximum atomic E-state index is 8.77. The summed E-state index contributed by atoms with van der Waals surface area (Å²) in [7, 11) is 0. The molecule has 1 aromatic carbocycles. The first kappa shape index (κ1) is 12.9. The predicted molar refractivity (Wildman–Crippen MR) is 80.5 cm³/mol. The molecule has 5 heteroatoms. The second-order valence-electron chi connectivity index (χ2n) is 4.56. The van der Waals surface area contributed by atoms with Gasteiger partial charge in [-0.3, -0.25) is 0 Å². The quantitative estimate of drug-likeness (QED) is 0.797. The van der Waals surface area contributed by atoms with Gasteiger partial charge in [0.25, 0.3) is 0 Å². The van der Waals surface area contributed by atoms with Gasteiger partial charge in [-0.05, 0) is 31.2 Å². The molecule has 0 spiro atoms. The van der Waals surface area contributed by atoms with E-state index in [1.54, 1.807) is 24.5 Å². The van der Waals surface area contributed by atoms with Crippen molar-refractivity contribution in [3.8, 4) is 11.8 Å². The van der Waals surface area contributed by atoms with Gasteiger partial charge in [0.2, 0.25) is 0 Å². The van der Waals surface area contributed by atoms with Crippen LogP contribution in [0.4, 0.5) is 11.5 Å². The minimum Gasteiger partial charge on any atom is -0.337 e. The van der Waals surface area contributed by atoms with Gasteiger partial charge in [-0.25, -0.2) is 9.67 Å². The molecule has 0 aliphatic carbocycles. The fourth-order valence-electron chi connectivity index (χ4n) is 2.03. The predicted octanol–water partition coefficient (Wildman–Crippen LogP) is 3.19. The molecule has 0 unspecified atom stereocenters. The molecule has 0 saturated heterocycles. The van der Waals surface area contributed by atoms with Gasteiger partial charge in [-0.15, -0.1) is 0 Å². The topological polar surface area (TPSA) is 66.5 Å². The maximum Gasteiger partial charge on any atom is 0.130 e. The molecule has 2 heterocycles. The SMILES string of the molecule is Cc1c(Nc2ccc(C#N)cn2)cnn1-c1ccccc1. The number of pyridine rings is 1. The average Bonchev–Trinajstić information content (AvgIpc) is 2.90. The summed E-state index contributed by atoms with van der Waals surface area (Å²) < 4.78 is 1.87. The summed E-state index contributed by atoms with van der Waals surface area (Å²) in [5.74, 6) is 0.685. The van der Waals surface area contributed by atoms with Crippen molar-refractivity contribution < 1.29 is 0 Å². The normalized spacial score (nSPS) is 10.1. The Kier molecular flexibility index (Phi) is 3.36. The number of hydrogen-bond donors (Lipinski definition) is 1. The number of aromatic nitrogens is 3. The van der Waals surface area contributed by atoms with Crippen LogP contribution in [0.3, 0.4) is 0 Å². The number of nitriles is 1. The molecular formula is C16H13N5. The highest BCUT2D eigenvalue weighted by molar-refractivity contribution is 5.59. The van der Waals surface area contributed by atoms with Crippen molar-refractivity contribution in [3.05, 3.63) is 66.1 Å². The number of nitrogens with one attached hydrogen (secondary N) is 1. The van der Waals surface area contributed by atoms with Gasteiger partial charge in [-0.2, -0.15) is 10.4 Å². The summed E-state index contributed by atoms with van der Waals surface area (Å²) in [5.41, 5.74) is 3.43. The molecule has 5 nitrogen and oxygen atoms in total. The zero-order valence-corrected chi connectivity index (χ0v) is 11.5. The van der Waals surface area contributed by atoms with Crippen LogP contribution in [0, 0.1) is 18.3 Å². The first-order chi connectivity index (χ1) is 10.3. The van der Waals surface area contributed by atoms with Crippen molar-refractivity contribution in [1.82, 2.24) is 14.8 Å². The van der Waals surface area contributed by atoms with E-state index in [0.29, 0.717) is 11.4 Å². The molecule has 102 valence electrons. The van der Waals surface area contributed by atoms with Crippen LogP contribution in [0.5, 0.6) is 0 Å². The molecule has 3 aromatic rings.